The van der Waals surface area contributed by atoms with Gasteiger partial charge in [0.1, 0.15) is 11.3 Å². The van der Waals surface area contributed by atoms with Crippen LogP contribution in [-0.4, -0.2) is 4.98 Å². The fraction of sp³-hybridized carbons (Fsp3) is 0.364. The van der Waals surface area contributed by atoms with Gasteiger partial charge in [-0.2, -0.15) is 0 Å². The first-order valence-corrected chi connectivity index (χ1v) is 5.03. The van der Waals surface area contributed by atoms with Crippen LogP contribution >= 0.6 is 0 Å². The molecule has 4 heteroatoms. The zero-order valence-electron chi connectivity index (χ0n) is 8.16. The van der Waals surface area contributed by atoms with E-state index in [4.69, 9.17) is 10.2 Å². The fourth-order valence-corrected chi connectivity index (χ4v) is 1.89. The maximum absolute atomic E-state index is 12.9. The Labute approximate surface area is 86.1 Å². The van der Waals surface area contributed by atoms with Gasteiger partial charge in [-0.25, -0.2) is 9.37 Å². The lowest BCUT2D eigenvalue weighted by molar-refractivity contribution is 0.203. The summed E-state index contributed by atoms with van der Waals surface area (Å²) in [5, 5.41) is 0. The molecule has 0 amide bonds. The Morgan fingerprint density at radius 3 is 2.87 bits per heavy atom. The van der Waals surface area contributed by atoms with E-state index in [1.54, 1.807) is 6.07 Å². The summed E-state index contributed by atoms with van der Waals surface area (Å²) < 4.78 is 18.5. The van der Waals surface area contributed by atoms with Gasteiger partial charge in [0.05, 0.1) is 5.54 Å². The normalized spacial score (nSPS) is 19.1. The van der Waals surface area contributed by atoms with Gasteiger partial charge in [-0.1, -0.05) is 0 Å². The second kappa shape index (κ2) is 2.79. The Morgan fingerprint density at radius 1 is 1.40 bits per heavy atom. The molecule has 2 aromatic rings. The third-order valence-corrected chi connectivity index (χ3v) is 3.02. The maximum atomic E-state index is 12.9. The monoisotopic (exact) mass is 206 g/mol. The molecule has 1 heterocycles. The molecule has 1 aromatic carbocycles. The number of nitrogens with zero attached hydrogens (tertiary/aromatic N) is 1. The summed E-state index contributed by atoms with van der Waals surface area (Å²) in [4.78, 5) is 4.24. The Morgan fingerprint density at radius 2 is 2.20 bits per heavy atom. The van der Waals surface area contributed by atoms with E-state index in [0.29, 0.717) is 17.0 Å². The van der Waals surface area contributed by atoms with E-state index in [1.807, 2.05) is 0 Å². The van der Waals surface area contributed by atoms with Crippen LogP contribution in [0.2, 0.25) is 0 Å². The van der Waals surface area contributed by atoms with Gasteiger partial charge in [0.2, 0.25) is 5.89 Å². The van der Waals surface area contributed by atoms with E-state index >= 15 is 0 Å². The second-order valence-electron chi connectivity index (χ2n) is 4.14. The molecule has 1 aromatic heterocycles. The lowest BCUT2D eigenvalue weighted by atomic mass is 9.78. The lowest BCUT2D eigenvalue weighted by Crippen LogP contribution is -2.43. The molecule has 3 nitrogen and oxygen atoms in total. The minimum atomic E-state index is -0.421. The SMILES string of the molecule is NC1(c2nc3cc(F)ccc3o2)CCC1. The zero-order valence-corrected chi connectivity index (χ0v) is 8.16. The summed E-state index contributed by atoms with van der Waals surface area (Å²) >= 11 is 0. The number of fused-ring (bicyclic) bond motifs is 1. The summed E-state index contributed by atoms with van der Waals surface area (Å²) in [6.07, 6.45) is 2.88. The van der Waals surface area contributed by atoms with Gasteiger partial charge in [-0.15, -0.1) is 0 Å². The van der Waals surface area contributed by atoms with Crippen LogP contribution in [0.3, 0.4) is 0 Å². The molecule has 15 heavy (non-hydrogen) atoms. The molecular weight excluding hydrogens is 195 g/mol. The molecule has 0 spiro atoms. The Hall–Kier alpha value is -1.42. The zero-order chi connectivity index (χ0) is 10.5. The molecule has 1 fully saturated rings. The van der Waals surface area contributed by atoms with Crippen LogP contribution in [0.4, 0.5) is 4.39 Å². The van der Waals surface area contributed by atoms with Crippen molar-refractivity contribution >= 4 is 11.1 Å². The van der Waals surface area contributed by atoms with Crippen molar-refractivity contribution in [2.45, 2.75) is 24.8 Å². The van der Waals surface area contributed by atoms with E-state index in [-0.39, 0.29) is 5.82 Å². The fourth-order valence-electron chi connectivity index (χ4n) is 1.89. The van der Waals surface area contributed by atoms with Gasteiger partial charge in [-0.05, 0) is 31.4 Å². The highest BCUT2D eigenvalue weighted by Gasteiger charge is 2.39. The number of rotatable bonds is 1. The van der Waals surface area contributed by atoms with Crippen molar-refractivity contribution in [3.8, 4) is 0 Å². The molecule has 78 valence electrons. The van der Waals surface area contributed by atoms with Crippen molar-refractivity contribution in [2.75, 3.05) is 0 Å². The van der Waals surface area contributed by atoms with Crippen molar-refractivity contribution in [2.24, 2.45) is 5.73 Å². The van der Waals surface area contributed by atoms with E-state index in [2.05, 4.69) is 4.98 Å². The average Bonchev–Trinajstić information content (AvgIpc) is 2.57. The van der Waals surface area contributed by atoms with Crippen LogP contribution in [0.25, 0.3) is 11.1 Å². The summed E-state index contributed by atoms with van der Waals surface area (Å²) in [6, 6.07) is 4.31. The number of benzene rings is 1. The maximum Gasteiger partial charge on any atom is 0.215 e. The number of hydrogen-bond acceptors (Lipinski definition) is 3. The number of oxazole rings is 1. The van der Waals surface area contributed by atoms with Gasteiger partial charge in [0, 0.05) is 6.07 Å². The van der Waals surface area contributed by atoms with Crippen molar-refractivity contribution in [1.82, 2.24) is 4.98 Å². The predicted octanol–water partition coefficient (Wildman–Crippen LogP) is 2.30. The smallest absolute Gasteiger partial charge is 0.215 e. The summed E-state index contributed by atoms with van der Waals surface area (Å²) in [6.45, 7) is 0. The quantitative estimate of drug-likeness (QED) is 0.778. The molecule has 0 saturated heterocycles. The highest BCUT2D eigenvalue weighted by molar-refractivity contribution is 5.72. The topological polar surface area (TPSA) is 52.0 Å². The first kappa shape index (κ1) is 8.85. The standard InChI is InChI=1S/C11H11FN2O/c12-7-2-3-9-8(6-7)14-10(15-9)11(13)4-1-5-11/h2-3,6H,1,4-5,13H2. The Balaban J connectivity index is 2.14. The van der Waals surface area contributed by atoms with Crippen LogP contribution in [0.1, 0.15) is 25.2 Å². The van der Waals surface area contributed by atoms with Crippen LogP contribution in [-0.2, 0) is 5.54 Å². The molecule has 1 aliphatic carbocycles. The minimum absolute atomic E-state index is 0.304. The summed E-state index contributed by atoms with van der Waals surface area (Å²) in [7, 11) is 0. The Kier molecular flexibility index (Phi) is 1.65. The molecule has 0 aliphatic heterocycles. The van der Waals surface area contributed by atoms with Crippen molar-refractivity contribution in [3.05, 3.63) is 29.9 Å². The number of hydrogen-bond donors (Lipinski definition) is 1. The molecule has 0 bridgehead atoms. The highest BCUT2D eigenvalue weighted by Crippen LogP contribution is 2.39. The summed E-state index contributed by atoms with van der Waals surface area (Å²) in [5.41, 5.74) is 6.80. The highest BCUT2D eigenvalue weighted by atomic mass is 19.1. The number of nitrogens with two attached hydrogens (primary N) is 1. The van der Waals surface area contributed by atoms with Crippen LogP contribution < -0.4 is 5.73 Å². The van der Waals surface area contributed by atoms with Gasteiger partial charge in [0.25, 0.3) is 0 Å². The number of aromatic nitrogens is 1. The molecular formula is C11H11FN2O. The first-order chi connectivity index (χ1) is 7.17. The van der Waals surface area contributed by atoms with Gasteiger partial charge >= 0.3 is 0 Å². The van der Waals surface area contributed by atoms with Crippen molar-refractivity contribution in [3.63, 3.8) is 0 Å². The molecule has 1 aliphatic rings. The average molecular weight is 206 g/mol. The van der Waals surface area contributed by atoms with E-state index < -0.39 is 5.54 Å². The molecule has 1 saturated carbocycles. The van der Waals surface area contributed by atoms with E-state index in [0.717, 1.165) is 19.3 Å². The molecule has 3 rings (SSSR count). The van der Waals surface area contributed by atoms with Crippen molar-refractivity contribution in [1.29, 1.82) is 0 Å². The van der Waals surface area contributed by atoms with E-state index in [1.165, 1.54) is 12.1 Å². The van der Waals surface area contributed by atoms with Gasteiger partial charge in [0.15, 0.2) is 5.58 Å². The Bertz CT molecular complexity index is 516. The number of halogens is 1. The van der Waals surface area contributed by atoms with Crippen LogP contribution in [0, 0.1) is 5.82 Å². The van der Waals surface area contributed by atoms with Crippen LogP contribution in [0.15, 0.2) is 22.6 Å². The first-order valence-electron chi connectivity index (χ1n) is 5.03. The van der Waals surface area contributed by atoms with E-state index in [9.17, 15) is 4.39 Å². The largest absolute Gasteiger partial charge is 0.439 e. The molecule has 0 unspecified atom stereocenters. The third-order valence-electron chi connectivity index (χ3n) is 3.02. The molecule has 2 N–H and O–H groups in total. The predicted molar refractivity (Wildman–Crippen MR) is 53.7 cm³/mol. The molecule has 0 radical (unpaired) electrons. The van der Waals surface area contributed by atoms with Gasteiger partial charge < -0.3 is 10.2 Å². The van der Waals surface area contributed by atoms with Crippen LogP contribution in [0.5, 0.6) is 0 Å². The summed E-state index contributed by atoms with van der Waals surface area (Å²) in [5.74, 6) is 0.233. The second-order valence-corrected chi connectivity index (χ2v) is 4.14. The van der Waals surface area contributed by atoms with Gasteiger partial charge in [-0.3, -0.25) is 0 Å². The lowest BCUT2D eigenvalue weighted by Gasteiger charge is -2.34. The minimum Gasteiger partial charge on any atom is -0.439 e. The van der Waals surface area contributed by atoms with Crippen molar-refractivity contribution < 1.29 is 8.81 Å². The molecule has 0 atom stereocenters. The third kappa shape index (κ3) is 1.25.